The summed E-state index contributed by atoms with van der Waals surface area (Å²) >= 11 is 6.93. The Labute approximate surface area is 188 Å². The summed E-state index contributed by atoms with van der Waals surface area (Å²) < 4.78 is 4.80. The summed E-state index contributed by atoms with van der Waals surface area (Å²) in [5.74, 6) is -3.73. The minimum absolute atomic E-state index is 0.0578. The molecule has 2 aromatic rings. The summed E-state index contributed by atoms with van der Waals surface area (Å²) in [6.45, 7) is 0. The maximum atomic E-state index is 12.7. The molecule has 2 atom stereocenters. The normalized spacial score (nSPS) is 18.0. The van der Waals surface area contributed by atoms with Crippen molar-refractivity contribution in [3.63, 3.8) is 0 Å². The fourth-order valence-electron chi connectivity index (χ4n) is 3.24. The average molecular weight is 456 g/mol. The quantitative estimate of drug-likeness (QED) is 0.510. The van der Waals surface area contributed by atoms with E-state index in [4.69, 9.17) is 16.3 Å². The van der Waals surface area contributed by atoms with Gasteiger partial charge in [-0.05, 0) is 23.8 Å². The number of hydrogen-bond donors (Lipinski definition) is 2. The Morgan fingerprint density at radius 3 is 2.61 bits per heavy atom. The molecule has 0 aromatic heterocycles. The molecule has 0 saturated heterocycles. The Balaban J connectivity index is 1.86. The van der Waals surface area contributed by atoms with Crippen LogP contribution in [0.4, 0.5) is 5.69 Å². The minimum atomic E-state index is -1.20. The third-order valence-electron chi connectivity index (χ3n) is 4.60. The zero-order valence-electron chi connectivity index (χ0n) is 16.4. The number of carbonyl (C=O) groups is 3. The molecular formula is C22H18ClN3O4S. The van der Waals surface area contributed by atoms with E-state index in [2.05, 4.69) is 16.7 Å². The molecule has 1 aliphatic rings. The number of rotatable bonds is 6. The molecule has 0 saturated carbocycles. The van der Waals surface area contributed by atoms with Crippen LogP contribution < -0.4 is 10.6 Å². The van der Waals surface area contributed by atoms with Crippen LogP contribution in [0.25, 0.3) is 0 Å². The van der Waals surface area contributed by atoms with Crippen molar-refractivity contribution in [2.75, 3.05) is 18.2 Å². The first-order valence-corrected chi connectivity index (χ1v) is 10.6. The molecule has 2 N–H and O–H groups in total. The fourth-order valence-corrected chi connectivity index (χ4v) is 4.28. The van der Waals surface area contributed by atoms with Gasteiger partial charge in [0.25, 0.3) is 0 Å². The summed E-state index contributed by atoms with van der Waals surface area (Å²) in [6.07, 6.45) is 0. The predicted octanol–water partition coefficient (Wildman–Crippen LogP) is 3.45. The molecule has 0 unspecified atom stereocenters. The first kappa shape index (κ1) is 22.4. The van der Waals surface area contributed by atoms with Gasteiger partial charge in [0, 0.05) is 16.6 Å². The van der Waals surface area contributed by atoms with Gasteiger partial charge in [0.15, 0.2) is 0 Å². The van der Waals surface area contributed by atoms with Crippen molar-refractivity contribution in [3.8, 4) is 6.07 Å². The van der Waals surface area contributed by atoms with Gasteiger partial charge in [0.1, 0.15) is 5.92 Å². The zero-order valence-corrected chi connectivity index (χ0v) is 18.0. The molecule has 0 fully saturated rings. The van der Waals surface area contributed by atoms with Crippen molar-refractivity contribution in [2.45, 2.75) is 5.92 Å². The van der Waals surface area contributed by atoms with Crippen molar-refractivity contribution < 1.29 is 19.1 Å². The van der Waals surface area contributed by atoms with Gasteiger partial charge in [-0.2, -0.15) is 5.26 Å². The molecule has 158 valence electrons. The lowest BCUT2D eigenvalue weighted by molar-refractivity contribution is -0.150. The average Bonchev–Trinajstić information content (AvgIpc) is 2.77. The Kier molecular flexibility index (Phi) is 7.34. The third kappa shape index (κ3) is 5.26. The summed E-state index contributed by atoms with van der Waals surface area (Å²) in [7, 11) is 1.19. The summed E-state index contributed by atoms with van der Waals surface area (Å²) in [5, 5.41) is 15.9. The highest BCUT2D eigenvalue weighted by Crippen LogP contribution is 2.40. The highest BCUT2D eigenvalue weighted by molar-refractivity contribution is 8.03. The number of amides is 2. The topological polar surface area (TPSA) is 108 Å². The summed E-state index contributed by atoms with van der Waals surface area (Å²) in [5.41, 5.74) is 1.36. The fraction of sp³-hybridized carbons (Fsp3) is 0.182. The van der Waals surface area contributed by atoms with Gasteiger partial charge < -0.3 is 15.4 Å². The molecule has 7 nitrogen and oxygen atoms in total. The second kappa shape index (κ2) is 10.2. The number of ether oxygens (including phenoxy) is 1. The molecule has 0 spiro atoms. The number of nitrogens with one attached hydrogen (secondary N) is 2. The van der Waals surface area contributed by atoms with E-state index in [0.717, 1.165) is 11.8 Å². The van der Waals surface area contributed by atoms with Gasteiger partial charge in [-0.1, -0.05) is 59.8 Å². The molecule has 3 rings (SSSR count). The number of allylic oxidation sites excluding steroid dienone is 1. The maximum absolute atomic E-state index is 12.7. The highest BCUT2D eigenvalue weighted by atomic mass is 35.5. The van der Waals surface area contributed by atoms with E-state index in [1.807, 2.05) is 0 Å². The molecular weight excluding hydrogens is 438 g/mol. The van der Waals surface area contributed by atoms with Crippen LogP contribution in [0.2, 0.25) is 5.02 Å². The van der Waals surface area contributed by atoms with E-state index in [-0.39, 0.29) is 22.3 Å². The van der Waals surface area contributed by atoms with Gasteiger partial charge in [-0.15, -0.1) is 0 Å². The lowest BCUT2D eigenvalue weighted by Gasteiger charge is -2.30. The number of anilines is 1. The zero-order chi connectivity index (χ0) is 22.4. The number of methoxy groups -OCH3 is 1. The number of benzene rings is 2. The van der Waals surface area contributed by atoms with E-state index in [9.17, 15) is 19.6 Å². The SMILES string of the molecule is COC(=O)[C@@H]1C(=O)NC(SCC(=O)Nc2cccc(Cl)c2)=C(C#N)[C@H]1c1ccccc1. The molecule has 31 heavy (non-hydrogen) atoms. The second-order valence-electron chi connectivity index (χ2n) is 6.58. The van der Waals surface area contributed by atoms with E-state index in [1.165, 1.54) is 7.11 Å². The summed E-state index contributed by atoms with van der Waals surface area (Å²) in [4.78, 5) is 37.4. The van der Waals surface area contributed by atoms with Gasteiger partial charge in [0.2, 0.25) is 11.8 Å². The molecule has 0 radical (unpaired) electrons. The van der Waals surface area contributed by atoms with Crippen molar-refractivity contribution in [3.05, 3.63) is 75.8 Å². The van der Waals surface area contributed by atoms with Crippen molar-refractivity contribution in [2.24, 2.45) is 5.92 Å². The van der Waals surface area contributed by atoms with Gasteiger partial charge in [0.05, 0.1) is 29.5 Å². The Bertz CT molecular complexity index is 1080. The maximum Gasteiger partial charge on any atom is 0.319 e. The van der Waals surface area contributed by atoms with Gasteiger partial charge in [-0.3, -0.25) is 14.4 Å². The number of nitriles is 1. The lowest BCUT2D eigenvalue weighted by atomic mass is 9.78. The van der Waals surface area contributed by atoms with Crippen LogP contribution in [0.5, 0.6) is 0 Å². The Morgan fingerprint density at radius 1 is 1.23 bits per heavy atom. The van der Waals surface area contributed by atoms with Crippen molar-refractivity contribution in [1.29, 1.82) is 5.26 Å². The van der Waals surface area contributed by atoms with Crippen LogP contribution in [0.3, 0.4) is 0 Å². The number of nitrogens with zero attached hydrogens (tertiary/aromatic N) is 1. The number of hydrogen-bond acceptors (Lipinski definition) is 6. The molecule has 1 aliphatic heterocycles. The van der Waals surface area contributed by atoms with Crippen LogP contribution in [-0.4, -0.2) is 30.6 Å². The van der Waals surface area contributed by atoms with Crippen molar-refractivity contribution in [1.82, 2.24) is 5.32 Å². The van der Waals surface area contributed by atoms with Crippen LogP contribution in [0, 0.1) is 17.2 Å². The molecule has 9 heteroatoms. The Morgan fingerprint density at radius 2 is 1.97 bits per heavy atom. The van der Waals surface area contributed by atoms with E-state index in [0.29, 0.717) is 16.3 Å². The number of esters is 1. The minimum Gasteiger partial charge on any atom is -0.468 e. The molecule has 0 bridgehead atoms. The molecule has 2 aromatic carbocycles. The smallest absolute Gasteiger partial charge is 0.319 e. The lowest BCUT2D eigenvalue weighted by Crippen LogP contribution is -2.44. The van der Waals surface area contributed by atoms with Crippen LogP contribution >= 0.6 is 23.4 Å². The standard InChI is InChI=1S/C22H18ClN3O4S/c1-30-22(29)19-18(13-6-3-2-4-7-13)16(11-24)21(26-20(19)28)31-12-17(27)25-15-9-5-8-14(23)10-15/h2-10,18-19H,12H2,1H3,(H,25,27)(H,26,28)/t18-,19+/m1/s1. The van der Waals surface area contributed by atoms with E-state index >= 15 is 0 Å². The van der Waals surface area contributed by atoms with E-state index < -0.39 is 23.7 Å². The molecule has 0 aliphatic carbocycles. The van der Waals surface area contributed by atoms with Crippen LogP contribution in [0.1, 0.15) is 11.5 Å². The first-order chi connectivity index (χ1) is 14.9. The van der Waals surface area contributed by atoms with E-state index in [1.54, 1.807) is 54.6 Å². The predicted molar refractivity (Wildman–Crippen MR) is 118 cm³/mol. The third-order valence-corrected chi connectivity index (χ3v) is 5.85. The number of carbonyl (C=O) groups excluding carboxylic acids is 3. The van der Waals surface area contributed by atoms with Crippen LogP contribution in [-0.2, 0) is 19.1 Å². The summed E-state index contributed by atoms with van der Waals surface area (Å²) in [6, 6.07) is 17.6. The first-order valence-electron chi connectivity index (χ1n) is 9.20. The largest absolute Gasteiger partial charge is 0.468 e. The number of thioether (sulfide) groups is 1. The number of halogens is 1. The monoisotopic (exact) mass is 455 g/mol. The van der Waals surface area contributed by atoms with Gasteiger partial charge in [-0.25, -0.2) is 0 Å². The molecule has 2 amide bonds. The highest BCUT2D eigenvalue weighted by Gasteiger charge is 2.44. The second-order valence-corrected chi connectivity index (χ2v) is 8.00. The molecule has 1 heterocycles. The van der Waals surface area contributed by atoms with Crippen LogP contribution in [0.15, 0.2) is 65.2 Å². The van der Waals surface area contributed by atoms with Crippen molar-refractivity contribution >= 4 is 46.8 Å². The van der Waals surface area contributed by atoms with Gasteiger partial charge >= 0.3 is 5.97 Å². The Hall–Kier alpha value is -3.28.